The third-order valence-corrected chi connectivity index (χ3v) is 3.03. The van der Waals surface area contributed by atoms with Crippen molar-refractivity contribution in [3.63, 3.8) is 0 Å². The van der Waals surface area contributed by atoms with Gasteiger partial charge >= 0.3 is 6.03 Å². The van der Waals surface area contributed by atoms with E-state index in [1.165, 1.54) is 9.75 Å². The summed E-state index contributed by atoms with van der Waals surface area (Å²) in [4.78, 5) is 15.5. The van der Waals surface area contributed by atoms with Crippen molar-refractivity contribution in [2.45, 2.75) is 20.4 Å². The van der Waals surface area contributed by atoms with Crippen LogP contribution in [0.2, 0.25) is 0 Å². The largest absolute Gasteiger partial charge is 0.333 e. The van der Waals surface area contributed by atoms with Crippen LogP contribution < -0.4 is 5.32 Å². The molecule has 0 aliphatic rings. The van der Waals surface area contributed by atoms with Crippen LogP contribution in [-0.2, 0) is 6.54 Å². The lowest BCUT2D eigenvalue weighted by atomic mass is 10.4. The minimum Gasteiger partial charge on any atom is -0.333 e. The van der Waals surface area contributed by atoms with Crippen molar-refractivity contribution in [3.8, 4) is 0 Å². The number of thiophene rings is 1. The molecular weight excluding hydrogens is 196 g/mol. The molecule has 0 saturated carbocycles. The minimum atomic E-state index is -0.0152. The van der Waals surface area contributed by atoms with E-state index in [1.54, 1.807) is 23.3 Å². The van der Waals surface area contributed by atoms with Crippen molar-refractivity contribution in [2.75, 3.05) is 13.6 Å². The topological polar surface area (TPSA) is 32.3 Å². The van der Waals surface area contributed by atoms with E-state index in [0.717, 1.165) is 6.54 Å². The van der Waals surface area contributed by atoms with Crippen LogP contribution in [-0.4, -0.2) is 24.5 Å². The third kappa shape index (κ3) is 3.03. The van der Waals surface area contributed by atoms with E-state index < -0.39 is 0 Å². The van der Waals surface area contributed by atoms with Crippen LogP contribution >= 0.6 is 11.3 Å². The SMILES string of the molecule is CCN(C)C(=O)NCc1ccc(C)s1. The van der Waals surface area contributed by atoms with Crippen LogP contribution in [0.1, 0.15) is 16.7 Å². The Morgan fingerprint density at radius 1 is 1.57 bits per heavy atom. The van der Waals surface area contributed by atoms with Crippen LogP contribution in [0, 0.1) is 6.92 Å². The molecule has 14 heavy (non-hydrogen) atoms. The molecule has 0 bridgehead atoms. The van der Waals surface area contributed by atoms with Gasteiger partial charge in [-0.25, -0.2) is 4.79 Å². The Bertz CT molecular complexity index is 309. The van der Waals surface area contributed by atoms with Gasteiger partial charge in [0.2, 0.25) is 0 Å². The molecule has 3 nitrogen and oxygen atoms in total. The first-order valence-electron chi connectivity index (χ1n) is 4.67. The van der Waals surface area contributed by atoms with Gasteiger partial charge in [0, 0.05) is 23.3 Å². The van der Waals surface area contributed by atoms with Crippen LogP contribution in [0.25, 0.3) is 0 Å². The van der Waals surface area contributed by atoms with Gasteiger partial charge < -0.3 is 10.2 Å². The van der Waals surface area contributed by atoms with Crippen molar-refractivity contribution in [3.05, 3.63) is 21.9 Å². The molecule has 1 aromatic heterocycles. The maximum Gasteiger partial charge on any atom is 0.317 e. The molecule has 0 radical (unpaired) electrons. The molecule has 1 heterocycles. The molecule has 78 valence electrons. The Morgan fingerprint density at radius 2 is 2.29 bits per heavy atom. The number of rotatable bonds is 3. The van der Waals surface area contributed by atoms with E-state index in [0.29, 0.717) is 6.54 Å². The fourth-order valence-corrected chi connectivity index (χ4v) is 1.85. The summed E-state index contributed by atoms with van der Waals surface area (Å²) in [6, 6.07) is 4.10. The van der Waals surface area contributed by atoms with Gasteiger partial charge in [-0.3, -0.25) is 0 Å². The Balaban J connectivity index is 2.37. The van der Waals surface area contributed by atoms with Gasteiger partial charge in [-0.15, -0.1) is 11.3 Å². The number of amides is 2. The first-order valence-corrected chi connectivity index (χ1v) is 5.49. The average Bonchev–Trinajstić information content (AvgIpc) is 2.59. The summed E-state index contributed by atoms with van der Waals surface area (Å²) in [6.07, 6.45) is 0. The number of carbonyl (C=O) groups excluding carboxylic acids is 1. The van der Waals surface area contributed by atoms with Gasteiger partial charge in [0.05, 0.1) is 6.54 Å². The highest BCUT2D eigenvalue weighted by molar-refractivity contribution is 7.11. The zero-order valence-corrected chi connectivity index (χ0v) is 9.65. The van der Waals surface area contributed by atoms with Crippen LogP contribution in [0.4, 0.5) is 4.79 Å². The Kier molecular flexibility index (Phi) is 3.95. The van der Waals surface area contributed by atoms with E-state index in [9.17, 15) is 4.79 Å². The minimum absolute atomic E-state index is 0.0152. The van der Waals surface area contributed by atoms with E-state index in [2.05, 4.69) is 18.3 Å². The summed E-state index contributed by atoms with van der Waals surface area (Å²) < 4.78 is 0. The second-order valence-electron chi connectivity index (χ2n) is 3.19. The first-order chi connectivity index (χ1) is 6.63. The monoisotopic (exact) mass is 212 g/mol. The number of hydrogen-bond donors (Lipinski definition) is 1. The molecule has 0 atom stereocenters. The third-order valence-electron chi connectivity index (χ3n) is 2.03. The molecule has 0 unspecified atom stereocenters. The van der Waals surface area contributed by atoms with Crippen LogP contribution in [0.15, 0.2) is 12.1 Å². The van der Waals surface area contributed by atoms with E-state index >= 15 is 0 Å². The predicted molar refractivity (Wildman–Crippen MR) is 59.6 cm³/mol. The first kappa shape index (κ1) is 11.0. The van der Waals surface area contributed by atoms with Crippen molar-refractivity contribution >= 4 is 17.4 Å². The molecule has 1 rings (SSSR count). The maximum absolute atomic E-state index is 11.4. The van der Waals surface area contributed by atoms with Crippen molar-refractivity contribution in [1.82, 2.24) is 10.2 Å². The summed E-state index contributed by atoms with van der Waals surface area (Å²) >= 11 is 1.72. The van der Waals surface area contributed by atoms with Crippen LogP contribution in [0.5, 0.6) is 0 Å². The molecule has 0 aliphatic heterocycles. The summed E-state index contributed by atoms with van der Waals surface area (Å²) in [5, 5.41) is 2.86. The lowest BCUT2D eigenvalue weighted by Gasteiger charge is -2.14. The summed E-state index contributed by atoms with van der Waals surface area (Å²) in [7, 11) is 1.79. The molecule has 0 fully saturated rings. The number of urea groups is 1. The van der Waals surface area contributed by atoms with Crippen molar-refractivity contribution < 1.29 is 4.79 Å². The van der Waals surface area contributed by atoms with Crippen molar-refractivity contribution in [2.24, 2.45) is 0 Å². The lowest BCUT2D eigenvalue weighted by molar-refractivity contribution is 0.210. The quantitative estimate of drug-likeness (QED) is 0.818. The molecular formula is C10H16N2OS. The highest BCUT2D eigenvalue weighted by Crippen LogP contribution is 2.14. The normalized spacial score (nSPS) is 9.93. The van der Waals surface area contributed by atoms with E-state index in [4.69, 9.17) is 0 Å². The lowest BCUT2D eigenvalue weighted by Crippen LogP contribution is -2.36. The molecule has 2 amide bonds. The molecule has 1 N–H and O–H groups in total. The number of carbonyl (C=O) groups is 1. The average molecular weight is 212 g/mol. The van der Waals surface area contributed by atoms with E-state index in [1.807, 2.05) is 13.0 Å². The van der Waals surface area contributed by atoms with Gasteiger partial charge in [-0.1, -0.05) is 0 Å². The molecule has 0 spiro atoms. The smallest absolute Gasteiger partial charge is 0.317 e. The van der Waals surface area contributed by atoms with Gasteiger partial charge in [-0.05, 0) is 26.0 Å². The number of aryl methyl sites for hydroxylation is 1. The zero-order chi connectivity index (χ0) is 10.6. The molecule has 1 aromatic rings. The fourth-order valence-electron chi connectivity index (χ4n) is 1.02. The Labute approximate surface area is 88.7 Å². The Morgan fingerprint density at radius 3 is 2.79 bits per heavy atom. The fraction of sp³-hybridized carbons (Fsp3) is 0.500. The highest BCUT2D eigenvalue weighted by Gasteiger charge is 2.05. The summed E-state index contributed by atoms with van der Waals surface area (Å²) in [5.74, 6) is 0. The zero-order valence-electron chi connectivity index (χ0n) is 8.83. The van der Waals surface area contributed by atoms with Gasteiger partial charge in [0.15, 0.2) is 0 Å². The maximum atomic E-state index is 11.4. The van der Waals surface area contributed by atoms with Gasteiger partial charge in [-0.2, -0.15) is 0 Å². The molecule has 0 saturated heterocycles. The number of hydrogen-bond acceptors (Lipinski definition) is 2. The van der Waals surface area contributed by atoms with Gasteiger partial charge in [0.25, 0.3) is 0 Å². The predicted octanol–water partition coefficient (Wildman–Crippen LogP) is 2.22. The van der Waals surface area contributed by atoms with E-state index in [-0.39, 0.29) is 6.03 Å². The standard InChI is InChI=1S/C10H16N2OS/c1-4-12(3)10(13)11-7-9-6-5-8(2)14-9/h5-6H,4,7H2,1-3H3,(H,11,13). The summed E-state index contributed by atoms with van der Waals surface area (Å²) in [5.41, 5.74) is 0. The molecule has 4 heteroatoms. The summed E-state index contributed by atoms with van der Waals surface area (Å²) in [6.45, 7) is 5.38. The van der Waals surface area contributed by atoms with Crippen LogP contribution in [0.3, 0.4) is 0 Å². The number of nitrogens with one attached hydrogen (secondary N) is 1. The van der Waals surface area contributed by atoms with Crippen molar-refractivity contribution in [1.29, 1.82) is 0 Å². The molecule has 0 aliphatic carbocycles. The highest BCUT2D eigenvalue weighted by atomic mass is 32.1. The second-order valence-corrected chi connectivity index (χ2v) is 4.56. The molecule has 0 aromatic carbocycles. The number of nitrogens with zero attached hydrogens (tertiary/aromatic N) is 1. The Hall–Kier alpha value is -1.03. The van der Waals surface area contributed by atoms with Gasteiger partial charge in [0.1, 0.15) is 0 Å². The second kappa shape index (κ2) is 5.00.